The van der Waals surface area contributed by atoms with Crippen LogP contribution in [0.5, 0.6) is 0 Å². The number of rotatable bonds is 5. The minimum atomic E-state index is 0.260. The predicted octanol–water partition coefficient (Wildman–Crippen LogP) is 0.724. The summed E-state index contributed by atoms with van der Waals surface area (Å²) in [6.07, 6.45) is 0. The van der Waals surface area contributed by atoms with Crippen LogP contribution < -0.4 is 16.6 Å². The summed E-state index contributed by atoms with van der Waals surface area (Å²) >= 11 is 0. The number of hydrogen-bond donors (Lipinski definition) is 3. The van der Waals surface area contributed by atoms with Gasteiger partial charge < -0.3 is 10.1 Å². The van der Waals surface area contributed by atoms with Gasteiger partial charge in [-0.1, -0.05) is 27.7 Å². The second kappa shape index (κ2) is 7.46. The minimum Gasteiger partial charge on any atom is -0.383 e. The number of hydrogen-bond acceptors (Lipinski definition) is 3. The molecule has 96 valence electrons. The molecule has 16 heavy (non-hydrogen) atoms. The van der Waals surface area contributed by atoms with Crippen molar-refractivity contribution in [3.05, 3.63) is 0 Å². The molecule has 0 saturated heterocycles. The topological polar surface area (TPSA) is 71.7 Å². The number of nitrogens with two attached hydrogens (primary N) is 1. The van der Waals surface area contributed by atoms with Gasteiger partial charge in [-0.2, -0.15) is 0 Å². The minimum absolute atomic E-state index is 0.260. The van der Waals surface area contributed by atoms with Crippen molar-refractivity contribution < 1.29 is 4.74 Å². The largest absolute Gasteiger partial charge is 0.383 e. The monoisotopic (exact) mass is 230 g/mol. The Kier molecular flexibility index (Phi) is 7.08. The van der Waals surface area contributed by atoms with Crippen LogP contribution in [0.3, 0.4) is 0 Å². The Morgan fingerprint density at radius 1 is 1.44 bits per heavy atom. The van der Waals surface area contributed by atoms with Crippen LogP contribution in [0.4, 0.5) is 0 Å². The highest BCUT2D eigenvalue weighted by atomic mass is 16.5. The van der Waals surface area contributed by atoms with Gasteiger partial charge in [0.1, 0.15) is 0 Å². The third kappa shape index (κ3) is 6.63. The van der Waals surface area contributed by atoms with Crippen molar-refractivity contribution in [3.63, 3.8) is 0 Å². The highest BCUT2D eigenvalue weighted by molar-refractivity contribution is 5.79. The smallest absolute Gasteiger partial charge is 0.205 e. The van der Waals surface area contributed by atoms with Crippen LogP contribution in [0.15, 0.2) is 4.99 Å². The zero-order valence-electron chi connectivity index (χ0n) is 11.1. The van der Waals surface area contributed by atoms with E-state index in [1.54, 1.807) is 7.11 Å². The normalized spacial score (nSPS) is 14.8. The van der Waals surface area contributed by atoms with E-state index in [0.29, 0.717) is 25.0 Å². The Morgan fingerprint density at radius 3 is 2.50 bits per heavy atom. The molecule has 0 amide bonds. The lowest BCUT2D eigenvalue weighted by molar-refractivity contribution is 0.203. The molecule has 0 fully saturated rings. The SMILES string of the molecule is COCCNC(=NCC(C)C(C)(C)C)NN. The van der Waals surface area contributed by atoms with Crippen molar-refractivity contribution in [2.75, 3.05) is 26.8 Å². The van der Waals surface area contributed by atoms with E-state index in [2.05, 4.69) is 43.4 Å². The van der Waals surface area contributed by atoms with Crippen molar-refractivity contribution in [1.82, 2.24) is 10.7 Å². The summed E-state index contributed by atoms with van der Waals surface area (Å²) in [6.45, 7) is 10.9. The number of aliphatic imine (C=N–C) groups is 1. The average Bonchev–Trinajstić information content (AvgIpc) is 2.21. The summed E-state index contributed by atoms with van der Waals surface area (Å²) in [7, 11) is 1.66. The van der Waals surface area contributed by atoms with Gasteiger partial charge in [0, 0.05) is 20.2 Å². The highest BCUT2D eigenvalue weighted by Crippen LogP contribution is 2.25. The molecule has 0 bridgehead atoms. The zero-order chi connectivity index (χ0) is 12.6. The Balaban J connectivity index is 4.06. The van der Waals surface area contributed by atoms with Crippen LogP contribution in [0.2, 0.25) is 0 Å². The summed E-state index contributed by atoms with van der Waals surface area (Å²) in [4.78, 5) is 4.39. The van der Waals surface area contributed by atoms with Gasteiger partial charge in [0.25, 0.3) is 0 Å². The maximum atomic E-state index is 5.37. The van der Waals surface area contributed by atoms with Crippen LogP contribution in [0, 0.1) is 11.3 Å². The third-order valence-electron chi connectivity index (χ3n) is 2.74. The van der Waals surface area contributed by atoms with Crippen molar-refractivity contribution in [3.8, 4) is 0 Å². The maximum absolute atomic E-state index is 5.37. The Hall–Kier alpha value is -0.810. The van der Waals surface area contributed by atoms with Gasteiger partial charge in [-0.25, -0.2) is 5.84 Å². The number of ether oxygens (including phenoxy) is 1. The quantitative estimate of drug-likeness (QED) is 0.214. The lowest BCUT2D eigenvalue weighted by Crippen LogP contribution is -2.43. The molecule has 1 atom stereocenters. The van der Waals surface area contributed by atoms with Gasteiger partial charge in [-0.05, 0) is 11.3 Å². The maximum Gasteiger partial charge on any atom is 0.205 e. The molecule has 0 radical (unpaired) electrons. The first-order chi connectivity index (χ1) is 7.41. The fraction of sp³-hybridized carbons (Fsp3) is 0.909. The first kappa shape index (κ1) is 15.2. The number of hydrazine groups is 1. The van der Waals surface area contributed by atoms with E-state index in [9.17, 15) is 0 Å². The molecule has 0 aliphatic heterocycles. The number of nitrogens with one attached hydrogen (secondary N) is 2. The number of methoxy groups -OCH3 is 1. The molecular formula is C11H26N4O. The van der Waals surface area contributed by atoms with Gasteiger partial charge in [0.15, 0.2) is 0 Å². The number of nitrogens with zero attached hydrogens (tertiary/aromatic N) is 1. The zero-order valence-corrected chi connectivity index (χ0v) is 11.1. The van der Waals surface area contributed by atoms with E-state index < -0.39 is 0 Å². The van der Waals surface area contributed by atoms with E-state index in [4.69, 9.17) is 10.6 Å². The molecule has 0 aromatic rings. The van der Waals surface area contributed by atoms with Gasteiger partial charge in [0.05, 0.1) is 6.61 Å². The average molecular weight is 230 g/mol. The van der Waals surface area contributed by atoms with E-state index in [0.717, 1.165) is 6.54 Å². The summed E-state index contributed by atoms with van der Waals surface area (Å²) in [5, 5.41) is 3.07. The Morgan fingerprint density at radius 2 is 2.06 bits per heavy atom. The van der Waals surface area contributed by atoms with Crippen molar-refractivity contribution in [1.29, 1.82) is 0 Å². The molecule has 1 unspecified atom stereocenters. The van der Waals surface area contributed by atoms with Gasteiger partial charge >= 0.3 is 0 Å². The van der Waals surface area contributed by atoms with E-state index >= 15 is 0 Å². The fourth-order valence-electron chi connectivity index (χ4n) is 0.926. The second-order valence-corrected chi connectivity index (χ2v) is 5.02. The third-order valence-corrected chi connectivity index (χ3v) is 2.74. The van der Waals surface area contributed by atoms with E-state index in [1.807, 2.05) is 0 Å². The van der Waals surface area contributed by atoms with E-state index in [-0.39, 0.29) is 5.41 Å². The molecule has 5 nitrogen and oxygen atoms in total. The summed E-state index contributed by atoms with van der Waals surface area (Å²) in [5.41, 5.74) is 2.81. The highest BCUT2D eigenvalue weighted by Gasteiger charge is 2.19. The molecule has 0 aromatic carbocycles. The molecule has 0 heterocycles. The number of guanidine groups is 1. The molecule has 5 heteroatoms. The summed E-state index contributed by atoms with van der Waals surface area (Å²) in [5.74, 6) is 6.48. The summed E-state index contributed by atoms with van der Waals surface area (Å²) < 4.78 is 4.93. The van der Waals surface area contributed by atoms with Crippen LogP contribution in [-0.4, -0.2) is 32.8 Å². The van der Waals surface area contributed by atoms with Gasteiger partial charge in [-0.3, -0.25) is 10.4 Å². The lowest BCUT2D eigenvalue weighted by atomic mass is 9.82. The Bertz CT molecular complexity index is 211. The standard InChI is InChI=1S/C11H26N4O/c1-9(11(2,3)4)8-14-10(15-12)13-6-7-16-5/h9H,6-8,12H2,1-5H3,(H2,13,14,15). The first-order valence-electron chi connectivity index (χ1n) is 5.65. The molecule has 0 aliphatic rings. The molecule has 0 spiro atoms. The van der Waals surface area contributed by atoms with Crippen LogP contribution >= 0.6 is 0 Å². The first-order valence-corrected chi connectivity index (χ1v) is 5.65. The predicted molar refractivity (Wildman–Crippen MR) is 68.1 cm³/mol. The molecule has 0 aromatic heterocycles. The Labute approximate surface area is 98.8 Å². The van der Waals surface area contributed by atoms with E-state index in [1.165, 1.54) is 0 Å². The van der Waals surface area contributed by atoms with Crippen molar-refractivity contribution in [2.45, 2.75) is 27.7 Å². The van der Waals surface area contributed by atoms with Crippen molar-refractivity contribution in [2.24, 2.45) is 22.2 Å². The lowest BCUT2D eigenvalue weighted by Gasteiger charge is -2.25. The van der Waals surface area contributed by atoms with Crippen molar-refractivity contribution >= 4 is 5.96 Å². The molecule has 4 N–H and O–H groups in total. The van der Waals surface area contributed by atoms with Gasteiger partial charge in [-0.15, -0.1) is 0 Å². The molecular weight excluding hydrogens is 204 g/mol. The second-order valence-electron chi connectivity index (χ2n) is 5.02. The fourth-order valence-corrected chi connectivity index (χ4v) is 0.926. The molecule has 0 rings (SSSR count). The van der Waals surface area contributed by atoms with Gasteiger partial charge in [0.2, 0.25) is 5.96 Å². The summed E-state index contributed by atoms with van der Waals surface area (Å²) in [6, 6.07) is 0. The molecule has 0 saturated carbocycles. The van der Waals surface area contributed by atoms with Crippen LogP contribution in [-0.2, 0) is 4.74 Å². The van der Waals surface area contributed by atoms with Crippen LogP contribution in [0.25, 0.3) is 0 Å². The van der Waals surface area contributed by atoms with Crippen LogP contribution in [0.1, 0.15) is 27.7 Å². The molecule has 0 aliphatic carbocycles.